The van der Waals surface area contributed by atoms with Crippen molar-refractivity contribution in [3.05, 3.63) is 52.9 Å². The molecule has 0 saturated carbocycles. The van der Waals surface area contributed by atoms with Gasteiger partial charge in [0.2, 0.25) is 6.29 Å². The Morgan fingerprint density at radius 3 is 2.25 bits per heavy atom. The second-order valence-electron chi connectivity index (χ2n) is 9.92. The van der Waals surface area contributed by atoms with Crippen molar-refractivity contribution in [2.45, 2.75) is 61.4 Å². The highest BCUT2D eigenvalue weighted by Gasteiger charge is 2.48. The number of ether oxygens (including phenoxy) is 4. The number of benzene rings is 1. The Bertz CT molecular complexity index is 1560. The summed E-state index contributed by atoms with van der Waals surface area (Å²) in [5.74, 6) is -0.227. The van der Waals surface area contributed by atoms with Gasteiger partial charge in [0.1, 0.15) is 48.8 Å². The molecular weight excluding hydrogens is 532 g/mol. The maximum absolute atomic E-state index is 13.5. The Kier molecular flexibility index (Phi) is 7.08. The largest absolute Gasteiger partial charge is 0.456 e. The standard InChI is InChI=1S/C26H28N2O12/c29-8-15-18(30)20(32)22(34)25(39-15)37-9-16-19(31)21(33)23(35)26(40-16)38-14-7-12-17-11(5-6-27-12)10-3-1-2-4-13(10)28(17)24(14)36/h1-7,15-16,18-23,25-26,29-35H,8-9H2. The Morgan fingerprint density at radius 1 is 0.825 bits per heavy atom. The van der Waals surface area contributed by atoms with Gasteiger partial charge in [-0.3, -0.25) is 14.2 Å². The van der Waals surface area contributed by atoms with Gasteiger partial charge in [0.05, 0.1) is 29.8 Å². The Balaban J connectivity index is 1.26. The summed E-state index contributed by atoms with van der Waals surface area (Å²) in [6.07, 6.45) is -14.3. The molecule has 2 fully saturated rings. The summed E-state index contributed by atoms with van der Waals surface area (Å²) in [5.41, 5.74) is 1.10. The lowest BCUT2D eigenvalue weighted by molar-refractivity contribution is -0.323. The van der Waals surface area contributed by atoms with E-state index >= 15 is 0 Å². The minimum Gasteiger partial charge on any atom is -0.456 e. The maximum atomic E-state index is 13.5. The van der Waals surface area contributed by atoms with Crippen LogP contribution < -0.4 is 10.3 Å². The first-order chi connectivity index (χ1) is 19.2. The van der Waals surface area contributed by atoms with E-state index in [1.807, 2.05) is 12.1 Å². The summed E-state index contributed by atoms with van der Waals surface area (Å²) in [5, 5.41) is 72.7. The summed E-state index contributed by atoms with van der Waals surface area (Å²) >= 11 is 0. The first-order valence-electron chi connectivity index (χ1n) is 12.6. The zero-order valence-corrected chi connectivity index (χ0v) is 20.8. The number of hydrogen-bond acceptors (Lipinski definition) is 13. The smallest absolute Gasteiger partial charge is 0.298 e. The maximum Gasteiger partial charge on any atom is 0.298 e. The van der Waals surface area contributed by atoms with Crippen LogP contribution in [0, 0.1) is 0 Å². The average Bonchev–Trinajstić information content (AvgIpc) is 3.31. The molecule has 0 aliphatic carbocycles. The SMILES string of the molecule is O=c1c(OC2OC(COC3OC(CO)C(O)C(O)C3O)C(O)C(O)C2O)cc2nccc3c4ccccc4n1c23. The van der Waals surface area contributed by atoms with Crippen molar-refractivity contribution in [2.75, 3.05) is 13.2 Å². The molecule has 6 rings (SSSR count). The second-order valence-corrected chi connectivity index (χ2v) is 9.92. The predicted molar refractivity (Wildman–Crippen MR) is 135 cm³/mol. The van der Waals surface area contributed by atoms with Crippen LogP contribution in [0.1, 0.15) is 0 Å². The first-order valence-corrected chi connectivity index (χ1v) is 12.6. The fourth-order valence-corrected chi connectivity index (χ4v) is 5.31. The Hall–Kier alpha value is -3.02. The second kappa shape index (κ2) is 10.4. The zero-order chi connectivity index (χ0) is 28.3. The Morgan fingerprint density at radius 2 is 1.50 bits per heavy atom. The molecule has 0 bridgehead atoms. The zero-order valence-electron chi connectivity index (χ0n) is 20.8. The van der Waals surface area contributed by atoms with Crippen molar-refractivity contribution < 1.29 is 54.7 Å². The lowest BCUT2D eigenvalue weighted by atomic mass is 9.98. The van der Waals surface area contributed by atoms with Crippen LogP contribution in [-0.4, -0.2) is 120 Å². The molecule has 4 aromatic rings. The van der Waals surface area contributed by atoms with E-state index in [1.165, 1.54) is 10.5 Å². The molecule has 214 valence electrons. The van der Waals surface area contributed by atoms with Gasteiger partial charge in [-0.15, -0.1) is 0 Å². The summed E-state index contributed by atoms with van der Waals surface area (Å²) in [6.45, 7) is -1.20. The monoisotopic (exact) mass is 560 g/mol. The summed E-state index contributed by atoms with van der Waals surface area (Å²) in [7, 11) is 0. The summed E-state index contributed by atoms with van der Waals surface area (Å²) < 4.78 is 23.6. The topological polar surface area (TPSA) is 213 Å². The molecule has 2 aliphatic heterocycles. The number of nitrogens with zero attached hydrogens (tertiary/aromatic N) is 2. The van der Waals surface area contributed by atoms with E-state index in [0.717, 1.165) is 10.8 Å². The highest BCUT2D eigenvalue weighted by atomic mass is 16.7. The molecule has 10 atom stereocenters. The first kappa shape index (κ1) is 27.2. The van der Waals surface area contributed by atoms with E-state index in [0.29, 0.717) is 16.6 Å². The molecular formula is C26H28N2O12. The molecule has 14 heteroatoms. The number of hydrogen-bond donors (Lipinski definition) is 7. The summed E-state index contributed by atoms with van der Waals surface area (Å²) in [4.78, 5) is 17.9. The van der Waals surface area contributed by atoms with Crippen molar-refractivity contribution in [3.63, 3.8) is 0 Å². The van der Waals surface area contributed by atoms with Gasteiger partial charge in [-0.25, -0.2) is 0 Å². The number of aliphatic hydroxyl groups excluding tert-OH is 7. The van der Waals surface area contributed by atoms with Gasteiger partial charge >= 0.3 is 0 Å². The highest BCUT2D eigenvalue weighted by molar-refractivity contribution is 6.12. The molecule has 0 radical (unpaired) electrons. The number of aliphatic hydroxyl groups is 7. The van der Waals surface area contributed by atoms with Crippen LogP contribution in [0.2, 0.25) is 0 Å². The van der Waals surface area contributed by atoms with Crippen molar-refractivity contribution in [2.24, 2.45) is 0 Å². The van der Waals surface area contributed by atoms with Gasteiger partial charge in [0, 0.05) is 23.0 Å². The van der Waals surface area contributed by atoms with E-state index in [2.05, 4.69) is 4.98 Å². The number of aromatic nitrogens is 2. The number of rotatable bonds is 6. The van der Waals surface area contributed by atoms with Crippen molar-refractivity contribution >= 4 is 27.3 Å². The van der Waals surface area contributed by atoms with Crippen LogP contribution in [0.4, 0.5) is 0 Å². The quantitative estimate of drug-likeness (QED) is 0.129. The van der Waals surface area contributed by atoms with Crippen LogP contribution in [0.5, 0.6) is 5.75 Å². The van der Waals surface area contributed by atoms with E-state index < -0.39 is 80.2 Å². The van der Waals surface area contributed by atoms with Gasteiger partial charge < -0.3 is 54.7 Å². The third-order valence-electron chi connectivity index (χ3n) is 7.48. The minimum atomic E-state index is -1.77. The molecule has 5 heterocycles. The van der Waals surface area contributed by atoms with Crippen LogP contribution in [-0.2, 0) is 14.2 Å². The van der Waals surface area contributed by atoms with Crippen molar-refractivity contribution in [1.82, 2.24) is 9.38 Å². The average molecular weight is 561 g/mol. The van der Waals surface area contributed by atoms with Gasteiger partial charge in [-0.05, 0) is 12.1 Å². The normalized spacial score (nSPS) is 35.1. The van der Waals surface area contributed by atoms with Crippen LogP contribution in [0.3, 0.4) is 0 Å². The molecule has 7 N–H and O–H groups in total. The highest BCUT2D eigenvalue weighted by Crippen LogP contribution is 2.32. The van der Waals surface area contributed by atoms with Crippen molar-refractivity contribution in [3.8, 4) is 5.75 Å². The van der Waals surface area contributed by atoms with Gasteiger partial charge in [-0.2, -0.15) is 0 Å². The van der Waals surface area contributed by atoms with E-state index in [1.54, 1.807) is 24.4 Å². The number of para-hydroxylation sites is 1. The fourth-order valence-electron chi connectivity index (χ4n) is 5.31. The van der Waals surface area contributed by atoms with E-state index in [9.17, 15) is 40.5 Å². The molecule has 2 aliphatic rings. The van der Waals surface area contributed by atoms with Gasteiger partial charge in [0.25, 0.3) is 5.56 Å². The molecule has 1 aromatic carbocycles. The van der Waals surface area contributed by atoms with E-state index in [-0.39, 0.29) is 5.75 Å². The lowest BCUT2D eigenvalue weighted by Gasteiger charge is -2.42. The fraction of sp³-hybridized carbons (Fsp3) is 0.462. The van der Waals surface area contributed by atoms with Crippen LogP contribution >= 0.6 is 0 Å². The van der Waals surface area contributed by atoms with Crippen LogP contribution in [0.25, 0.3) is 27.3 Å². The van der Waals surface area contributed by atoms with Gasteiger partial charge in [-0.1, -0.05) is 18.2 Å². The molecule has 14 nitrogen and oxygen atoms in total. The van der Waals surface area contributed by atoms with E-state index in [4.69, 9.17) is 18.9 Å². The van der Waals surface area contributed by atoms with Crippen LogP contribution in [0.15, 0.2) is 47.4 Å². The molecule has 40 heavy (non-hydrogen) atoms. The lowest BCUT2D eigenvalue weighted by Crippen LogP contribution is -2.62. The number of pyridine rings is 2. The third kappa shape index (κ3) is 4.29. The third-order valence-corrected chi connectivity index (χ3v) is 7.48. The van der Waals surface area contributed by atoms with Gasteiger partial charge in [0.15, 0.2) is 12.0 Å². The summed E-state index contributed by atoms with van der Waals surface area (Å²) in [6, 6.07) is 10.5. The predicted octanol–water partition coefficient (Wildman–Crippen LogP) is -2.56. The molecule has 0 amide bonds. The number of fused-ring (bicyclic) bond motifs is 3. The molecule has 0 spiro atoms. The Labute approximate surface area is 225 Å². The molecule has 3 aromatic heterocycles. The minimum absolute atomic E-state index is 0.227. The molecule has 2 saturated heterocycles. The van der Waals surface area contributed by atoms with Crippen molar-refractivity contribution in [1.29, 1.82) is 0 Å². The molecule has 10 unspecified atom stereocenters.